The Bertz CT molecular complexity index is 543. The molecular formula is C15H26N2O3S. The Kier molecular flexibility index (Phi) is 5.84. The highest BCUT2D eigenvalue weighted by Crippen LogP contribution is 2.25. The van der Waals surface area contributed by atoms with Crippen LogP contribution in [0.3, 0.4) is 0 Å². The fourth-order valence-electron chi connectivity index (χ4n) is 2.68. The molecule has 6 heteroatoms. The smallest absolute Gasteiger partial charge is 0.246 e. The quantitative estimate of drug-likeness (QED) is 0.820. The van der Waals surface area contributed by atoms with E-state index in [9.17, 15) is 8.42 Å². The second-order valence-corrected chi connectivity index (χ2v) is 7.53. The van der Waals surface area contributed by atoms with Crippen molar-refractivity contribution in [3.05, 3.63) is 17.6 Å². The van der Waals surface area contributed by atoms with Gasteiger partial charge < -0.3 is 9.73 Å². The molecule has 0 atom stereocenters. The van der Waals surface area contributed by atoms with E-state index in [2.05, 4.69) is 12.2 Å². The number of hydrogen-bond acceptors (Lipinski definition) is 4. The lowest BCUT2D eigenvalue weighted by atomic mass is 10.2. The Balaban J connectivity index is 2.15. The number of sulfonamides is 1. The number of hydrogen-bond donors (Lipinski definition) is 1. The van der Waals surface area contributed by atoms with Crippen LogP contribution >= 0.6 is 0 Å². The van der Waals surface area contributed by atoms with Crippen LogP contribution in [0.15, 0.2) is 15.4 Å². The predicted octanol–water partition coefficient (Wildman–Crippen LogP) is 2.65. The van der Waals surface area contributed by atoms with Gasteiger partial charge in [0.1, 0.15) is 16.4 Å². The van der Waals surface area contributed by atoms with Gasteiger partial charge in [-0.1, -0.05) is 19.8 Å². The molecule has 1 aromatic rings. The highest BCUT2D eigenvalue weighted by Gasteiger charge is 2.29. The molecule has 0 radical (unpaired) electrons. The third kappa shape index (κ3) is 4.08. The van der Waals surface area contributed by atoms with Gasteiger partial charge in [-0.05, 0) is 32.7 Å². The molecule has 0 amide bonds. The van der Waals surface area contributed by atoms with E-state index >= 15 is 0 Å². The lowest BCUT2D eigenvalue weighted by Crippen LogP contribution is -2.32. The summed E-state index contributed by atoms with van der Waals surface area (Å²) >= 11 is 0. The molecule has 1 aromatic heterocycles. The van der Waals surface area contributed by atoms with E-state index in [1.54, 1.807) is 17.3 Å². The van der Waals surface area contributed by atoms with Gasteiger partial charge in [-0.15, -0.1) is 0 Å². The number of nitrogens with zero attached hydrogens (tertiary/aromatic N) is 1. The van der Waals surface area contributed by atoms with E-state index in [0.29, 0.717) is 36.1 Å². The van der Waals surface area contributed by atoms with E-state index in [4.69, 9.17) is 4.42 Å². The third-order valence-corrected chi connectivity index (χ3v) is 5.84. The van der Waals surface area contributed by atoms with Crippen LogP contribution in [0.2, 0.25) is 0 Å². The Labute approximate surface area is 127 Å². The fourth-order valence-corrected chi connectivity index (χ4v) is 4.38. The summed E-state index contributed by atoms with van der Waals surface area (Å²) in [5, 5.41) is 3.23. The zero-order valence-corrected chi connectivity index (χ0v) is 13.8. The number of aryl methyl sites for hydroxylation is 1. The van der Waals surface area contributed by atoms with E-state index < -0.39 is 10.0 Å². The van der Waals surface area contributed by atoms with Crippen molar-refractivity contribution >= 4 is 10.0 Å². The van der Waals surface area contributed by atoms with Crippen LogP contribution in [0, 0.1) is 6.92 Å². The summed E-state index contributed by atoms with van der Waals surface area (Å²) in [6.45, 7) is 6.54. The van der Waals surface area contributed by atoms with Gasteiger partial charge in [0.05, 0.1) is 6.54 Å². The fraction of sp³-hybridized carbons (Fsp3) is 0.733. The molecule has 0 spiro atoms. The molecule has 1 saturated heterocycles. The first-order chi connectivity index (χ1) is 10.1. The summed E-state index contributed by atoms with van der Waals surface area (Å²) in [6.07, 6.45) is 5.16. The van der Waals surface area contributed by atoms with Gasteiger partial charge in [-0.3, -0.25) is 0 Å². The summed E-state index contributed by atoms with van der Waals surface area (Å²) < 4.78 is 32.7. The highest BCUT2D eigenvalue weighted by atomic mass is 32.2. The second kappa shape index (κ2) is 7.42. The maximum Gasteiger partial charge on any atom is 0.246 e. The summed E-state index contributed by atoms with van der Waals surface area (Å²) in [4.78, 5) is 0.331. The average Bonchev–Trinajstić information content (AvgIpc) is 2.67. The molecule has 0 aliphatic carbocycles. The van der Waals surface area contributed by atoms with Crippen LogP contribution in [0.5, 0.6) is 0 Å². The van der Waals surface area contributed by atoms with Gasteiger partial charge in [-0.25, -0.2) is 8.42 Å². The van der Waals surface area contributed by atoms with Crippen molar-refractivity contribution < 1.29 is 12.8 Å². The minimum atomic E-state index is -3.41. The van der Waals surface area contributed by atoms with Crippen molar-refractivity contribution in [1.29, 1.82) is 0 Å². The first-order valence-corrected chi connectivity index (χ1v) is 9.30. The molecule has 0 saturated carbocycles. The van der Waals surface area contributed by atoms with Crippen LogP contribution in [-0.2, 0) is 16.6 Å². The molecule has 1 N–H and O–H groups in total. The van der Waals surface area contributed by atoms with Crippen LogP contribution in [-0.4, -0.2) is 32.4 Å². The molecule has 2 rings (SSSR count). The minimum Gasteiger partial charge on any atom is -0.464 e. The zero-order chi connectivity index (χ0) is 15.3. The van der Waals surface area contributed by atoms with E-state index in [0.717, 1.165) is 38.6 Å². The van der Waals surface area contributed by atoms with Crippen LogP contribution < -0.4 is 5.32 Å². The summed E-state index contributed by atoms with van der Waals surface area (Å²) in [6, 6.07) is 1.68. The van der Waals surface area contributed by atoms with E-state index in [-0.39, 0.29) is 0 Å². The van der Waals surface area contributed by atoms with Gasteiger partial charge in [0.25, 0.3) is 0 Å². The normalized spacial score (nSPS) is 17.8. The highest BCUT2D eigenvalue weighted by molar-refractivity contribution is 7.89. The lowest BCUT2D eigenvalue weighted by Gasteiger charge is -2.19. The molecule has 1 aliphatic rings. The van der Waals surface area contributed by atoms with Gasteiger partial charge in [0.2, 0.25) is 10.0 Å². The standard InChI is InChI=1S/C15H26N2O3S/c1-3-8-16-12-14-11-15(13(2)20-14)21(18,19)17-9-6-4-5-7-10-17/h11,16H,3-10,12H2,1-2H3. The maximum absolute atomic E-state index is 12.7. The molecule has 120 valence electrons. The maximum atomic E-state index is 12.7. The largest absolute Gasteiger partial charge is 0.464 e. The third-order valence-electron chi connectivity index (χ3n) is 3.83. The van der Waals surface area contributed by atoms with Crippen molar-refractivity contribution in [2.45, 2.75) is 57.4 Å². The number of rotatable bonds is 6. The molecule has 0 bridgehead atoms. The van der Waals surface area contributed by atoms with Crippen molar-refractivity contribution in [3.63, 3.8) is 0 Å². The number of furan rings is 1. The second-order valence-electron chi connectivity index (χ2n) is 5.63. The van der Waals surface area contributed by atoms with E-state index in [1.807, 2.05) is 0 Å². The summed E-state index contributed by atoms with van der Waals surface area (Å²) in [7, 11) is -3.41. The Morgan fingerprint density at radius 2 is 1.90 bits per heavy atom. The Morgan fingerprint density at radius 3 is 2.52 bits per heavy atom. The molecule has 5 nitrogen and oxygen atoms in total. The predicted molar refractivity (Wildman–Crippen MR) is 82.7 cm³/mol. The topological polar surface area (TPSA) is 62.6 Å². The van der Waals surface area contributed by atoms with Crippen molar-refractivity contribution in [2.24, 2.45) is 0 Å². The first-order valence-electron chi connectivity index (χ1n) is 7.86. The zero-order valence-electron chi connectivity index (χ0n) is 13.0. The molecule has 1 aliphatic heterocycles. The van der Waals surface area contributed by atoms with E-state index in [1.165, 1.54) is 0 Å². The minimum absolute atomic E-state index is 0.331. The SMILES string of the molecule is CCCNCc1cc(S(=O)(=O)N2CCCCCC2)c(C)o1. The van der Waals surface area contributed by atoms with Crippen LogP contribution in [0.1, 0.15) is 50.5 Å². The van der Waals surface area contributed by atoms with Gasteiger partial charge in [0.15, 0.2) is 0 Å². The van der Waals surface area contributed by atoms with Gasteiger partial charge in [-0.2, -0.15) is 4.31 Å². The van der Waals surface area contributed by atoms with Crippen LogP contribution in [0.25, 0.3) is 0 Å². The molecule has 0 unspecified atom stereocenters. The van der Waals surface area contributed by atoms with Crippen LogP contribution in [0.4, 0.5) is 0 Å². The summed E-state index contributed by atoms with van der Waals surface area (Å²) in [5.41, 5.74) is 0. The van der Waals surface area contributed by atoms with Crippen molar-refractivity contribution in [3.8, 4) is 0 Å². The van der Waals surface area contributed by atoms with Crippen molar-refractivity contribution in [2.75, 3.05) is 19.6 Å². The van der Waals surface area contributed by atoms with Crippen molar-refractivity contribution in [1.82, 2.24) is 9.62 Å². The first kappa shape index (κ1) is 16.5. The summed E-state index contributed by atoms with van der Waals surface area (Å²) in [5.74, 6) is 1.18. The van der Waals surface area contributed by atoms with Gasteiger partial charge >= 0.3 is 0 Å². The molecular weight excluding hydrogens is 288 g/mol. The molecule has 0 aromatic carbocycles. The lowest BCUT2D eigenvalue weighted by molar-refractivity contribution is 0.419. The monoisotopic (exact) mass is 314 g/mol. The Hall–Kier alpha value is -0.850. The molecule has 1 fully saturated rings. The average molecular weight is 314 g/mol. The van der Waals surface area contributed by atoms with Gasteiger partial charge in [0, 0.05) is 19.2 Å². The number of nitrogens with one attached hydrogen (secondary N) is 1. The molecule has 2 heterocycles. The Morgan fingerprint density at radius 1 is 1.24 bits per heavy atom. The molecule has 21 heavy (non-hydrogen) atoms.